The number of morpholine rings is 1. The maximum absolute atomic E-state index is 12.7. The third-order valence-corrected chi connectivity index (χ3v) is 7.11. The summed E-state index contributed by atoms with van der Waals surface area (Å²) in [6.07, 6.45) is 0. The first-order valence-electron chi connectivity index (χ1n) is 9.96. The molecule has 1 N–H and O–H groups in total. The maximum atomic E-state index is 12.7. The highest BCUT2D eigenvalue weighted by Gasteiger charge is 2.27. The van der Waals surface area contributed by atoms with Crippen LogP contribution in [0.2, 0.25) is 0 Å². The van der Waals surface area contributed by atoms with E-state index in [-0.39, 0.29) is 23.3 Å². The molecule has 2 aromatic rings. The van der Waals surface area contributed by atoms with E-state index < -0.39 is 10.0 Å². The van der Waals surface area contributed by atoms with Crippen molar-refractivity contribution < 1.29 is 27.5 Å². The number of amides is 2. The number of sulfonamides is 1. The molecule has 0 atom stereocenters. The molecule has 31 heavy (non-hydrogen) atoms. The van der Waals surface area contributed by atoms with Crippen LogP contribution >= 0.6 is 0 Å². The lowest BCUT2D eigenvalue weighted by molar-refractivity contribution is -0.121. The number of benzene rings is 2. The second-order valence-corrected chi connectivity index (χ2v) is 9.04. The van der Waals surface area contributed by atoms with Gasteiger partial charge in [-0.05, 0) is 43.3 Å². The van der Waals surface area contributed by atoms with Crippen LogP contribution in [0.3, 0.4) is 0 Å². The van der Waals surface area contributed by atoms with Gasteiger partial charge in [0.05, 0.1) is 23.8 Å². The molecule has 1 fully saturated rings. The van der Waals surface area contributed by atoms with Gasteiger partial charge < -0.3 is 19.7 Å². The van der Waals surface area contributed by atoms with Crippen molar-refractivity contribution in [2.24, 2.45) is 0 Å². The van der Waals surface area contributed by atoms with Crippen LogP contribution in [-0.2, 0) is 19.6 Å². The molecule has 2 aliphatic rings. The van der Waals surface area contributed by atoms with Crippen molar-refractivity contribution in [2.75, 3.05) is 49.7 Å². The Hall–Kier alpha value is -2.95. The van der Waals surface area contributed by atoms with E-state index in [0.717, 1.165) is 0 Å². The van der Waals surface area contributed by atoms with E-state index in [0.29, 0.717) is 55.5 Å². The lowest BCUT2D eigenvalue weighted by Gasteiger charge is -2.28. The Kier molecular flexibility index (Phi) is 5.94. The fraction of sp³-hybridized carbons (Fsp3) is 0.333. The zero-order chi connectivity index (χ0) is 22.0. The molecule has 0 saturated carbocycles. The van der Waals surface area contributed by atoms with E-state index in [1.54, 1.807) is 23.1 Å². The van der Waals surface area contributed by atoms with Crippen LogP contribution in [0.1, 0.15) is 17.3 Å². The molecule has 0 radical (unpaired) electrons. The highest BCUT2D eigenvalue weighted by molar-refractivity contribution is 7.89. The summed E-state index contributed by atoms with van der Waals surface area (Å²) < 4.78 is 37.5. The van der Waals surface area contributed by atoms with Crippen LogP contribution in [-0.4, -0.2) is 64.0 Å². The smallest absolute Gasteiger partial charge is 0.265 e. The Morgan fingerprint density at radius 1 is 1.10 bits per heavy atom. The maximum Gasteiger partial charge on any atom is 0.265 e. The number of nitrogens with one attached hydrogen (secondary N) is 1. The molecule has 2 heterocycles. The van der Waals surface area contributed by atoms with Crippen molar-refractivity contribution in [2.45, 2.75) is 11.8 Å². The van der Waals surface area contributed by atoms with Crippen LogP contribution in [0, 0.1) is 0 Å². The summed E-state index contributed by atoms with van der Waals surface area (Å²) in [4.78, 5) is 26.3. The first-order chi connectivity index (χ1) is 14.9. The van der Waals surface area contributed by atoms with E-state index in [4.69, 9.17) is 9.47 Å². The zero-order valence-corrected chi connectivity index (χ0v) is 17.9. The van der Waals surface area contributed by atoms with Gasteiger partial charge in [0.15, 0.2) is 6.61 Å². The third-order valence-electron chi connectivity index (χ3n) is 5.20. The summed E-state index contributed by atoms with van der Waals surface area (Å²) >= 11 is 0. The quantitative estimate of drug-likeness (QED) is 0.751. The number of hydrogen-bond acceptors (Lipinski definition) is 6. The van der Waals surface area contributed by atoms with Crippen LogP contribution in [0.25, 0.3) is 0 Å². The summed E-state index contributed by atoms with van der Waals surface area (Å²) in [6.45, 7) is 3.73. The predicted octanol–water partition coefficient (Wildman–Crippen LogP) is 1.71. The van der Waals surface area contributed by atoms with E-state index in [1.165, 1.54) is 28.6 Å². The highest BCUT2D eigenvalue weighted by atomic mass is 32.2. The molecule has 0 aromatic heterocycles. The Bertz CT molecular complexity index is 1090. The van der Waals surface area contributed by atoms with E-state index in [9.17, 15) is 18.0 Å². The first kappa shape index (κ1) is 21.3. The Morgan fingerprint density at radius 3 is 2.48 bits per heavy atom. The van der Waals surface area contributed by atoms with Crippen molar-refractivity contribution in [3.05, 3.63) is 48.0 Å². The number of anilines is 2. The third kappa shape index (κ3) is 4.27. The van der Waals surface area contributed by atoms with Gasteiger partial charge in [0.25, 0.3) is 11.8 Å². The molecule has 164 valence electrons. The molecule has 0 spiro atoms. The number of rotatable bonds is 5. The Labute approximate surface area is 180 Å². The van der Waals surface area contributed by atoms with Gasteiger partial charge in [0.1, 0.15) is 5.75 Å². The van der Waals surface area contributed by atoms with Gasteiger partial charge in [-0.15, -0.1) is 0 Å². The Morgan fingerprint density at radius 2 is 1.81 bits per heavy atom. The molecule has 2 aromatic carbocycles. The molecule has 10 heteroatoms. The van der Waals surface area contributed by atoms with Crippen LogP contribution in [0.5, 0.6) is 5.75 Å². The summed E-state index contributed by atoms with van der Waals surface area (Å²) in [5.41, 5.74) is 1.50. The van der Waals surface area contributed by atoms with Crippen molar-refractivity contribution in [1.29, 1.82) is 0 Å². The first-order valence-corrected chi connectivity index (χ1v) is 11.4. The van der Waals surface area contributed by atoms with Gasteiger partial charge >= 0.3 is 0 Å². The molecule has 2 aliphatic heterocycles. The fourth-order valence-corrected chi connectivity index (χ4v) is 4.95. The fourth-order valence-electron chi connectivity index (χ4n) is 3.55. The predicted molar refractivity (Wildman–Crippen MR) is 114 cm³/mol. The van der Waals surface area contributed by atoms with Crippen LogP contribution in [0.4, 0.5) is 11.4 Å². The van der Waals surface area contributed by atoms with Gasteiger partial charge in [0.2, 0.25) is 10.0 Å². The summed E-state index contributed by atoms with van der Waals surface area (Å²) in [5.74, 6) is 0.0274. The van der Waals surface area contributed by atoms with Crippen molar-refractivity contribution in [3.63, 3.8) is 0 Å². The lowest BCUT2D eigenvalue weighted by Crippen LogP contribution is -2.40. The standard InChI is InChI=1S/C21H23N3O6S/c1-2-24-18-8-5-16(13-19(18)30-14-20(24)25)22-21(26)15-3-6-17(7-4-15)31(27,28)23-9-11-29-12-10-23/h3-8,13H,2,9-12,14H2,1H3,(H,22,26). The van der Waals surface area contributed by atoms with E-state index in [2.05, 4.69) is 5.32 Å². The largest absolute Gasteiger partial charge is 0.481 e. The SMILES string of the molecule is CCN1C(=O)COc2cc(NC(=O)c3ccc(S(=O)(=O)N4CCOCC4)cc3)ccc21. The molecular weight excluding hydrogens is 422 g/mol. The van der Waals surface area contributed by atoms with Crippen molar-refractivity contribution in [3.8, 4) is 5.75 Å². The second kappa shape index (κ2) is 8.66. The molecule has 2 amide bonds. The molecule has 4 rings (SSSR count). The normalized spacial score (nSPS) is 17.1. The summed E-state index contributed by atoms with van der Waals surface area (Å²) in [5, 5.41) is 2.78. The number of ether oxygens (including phenoxy) is 2. The van der Waals surface area contributed by atoms with Gasteiger partial charge in [0, 0.05) is 37.0 Å². The molecule has 1 saturated heterocycles. The minimum atomic E-state index is -3.61. The highest BCUT2D eigenvalue weighted by Crippen LogP contribution is 2.34. The number of carbonyl (C=O) groups excluding carboxylic acids is 2. The molecular formula is C21H23N3O6S. The zero-order valence-electron chi connectivity index (χ0n) is 17.0. The number of fused-ring (bicyclic) bond motifs is 1. The average molecular weight is 445 g/mol. The molecule has 9 nitrogen and oxygen atoms in total. The van der Waals surface area contributed by atoms with Crippen molar-refractivity contribution in [1.82, 2.24) is 4.31 Å². The molecule has 0 aliphatic carbocycles. The number of hydrogen-bond donors (Lipinski definition) is 1. The minimum Gasteiger partial charge on any atom is -0.481 e. The van der Waals surface area contributed by atoms with Crippen LogP contribution < -0.4 is 15.0 Å². The number of likely N-dealkylation sites (N-methyl/N-ethyl adjacent to an activating group) is 1. The van der Waals surface area contributed by atoms with Gasteiger partial charge in [-0.2, -0.15) is 4.31 Å². The van der Waals surface area contributed by atoms with E-state index in [1.807, 2.05) is 6.92 Å². The minimum absolute atomic E-state index is 0.0443. The van der Waals surface area contributed by atoms with Crippen molar-refractivity contribution >= 4 is 33.2 Å². The lowest BCUT2D eigenvalue weighted by atomic mass is 10.2. The molecule has 0 unspecified atom stereocenters. The van der Waals surface area contributed by atoms with E-state index >= 15 is 0 Å². The summed E-state index contributed by atoms with van der Waals surface area (Å²) in [7, 11) is -3.61. The van der Waals surface area contributed by atoms with Crippen LogP contribution in [0.15, 0.2) is 47.4 Å². The van der Waals surface area contributed by atoms with Gasteiger partial charge in [-0.3, -0.25) is 9.59 Å². The second-order valence-electron chi connectivity index (χ2n) is 7.10. The Balaban J connectivity index is 1.47. The van der Waals surface area contributed by atoms with Gasteiger partial charge in [-0.25, -0.2) is 8.42 Å². The molecule has 0 bridgehead atoms. The van der Waals surface area contributed by atoms with Gasteiger partial charge in [-0.1, -0.05) is 0 Å². The topological polar surface area (TPSA) is 105 Å². The summed E-state index contributed by atoms with van der Waals surface area (Å²) in [6, 6.07) is 10.9. The average Bonchev–Trinajstić information content (AvgIpc) is 2.80. The monoisotopic (exact) mass is 445 g/mol. The number of carbonyl (C=O) groups is 2. The number of nitrogens with zero attached hydrogens (tertiary/aromatic N) is 2.